The summed E-state index contributed by atoms with van der Waals surface area (Å²) in [4.78, 5) is 34.9. The van der Waals surface area contributed by atoms with Crippen LogP contribution < -0.4 is 10.6 Å². The summed E-state index contributed by atoms with van der Waals surface area (Å²) in [5, 5.41) is 0. The molecule has 32 heavy (non-hydrogen) atoms. The van der Waals surface area contributed by atoms with Crippen molar-refractivity contribution in [2.45, 2.75) is 51.2 Å². The molecule has 9 nitrogen and oxygen atoms in total. The zero-order chi connectivity index (χ0) is 22.2. The summed E-state index contributed by atoms with van der Waals surface area (Å²) in [6.45, 7) is 8.18. The van der Waals surface area contributed by atoms with E-state index in [4.69, 9.17) is 20.4 Å². The Labute approximate surface area is 187 Å². The van der Waals surface area contributed by atoms with E-state index in [2.05, 4.69) is 20.9 Å². The number of carbonyl (C=O) groups excluding carboxylic acids is 1. The van der Waals surface area contributed by atoms with Gasteiger partial charge >= 0.3 is 6.09 Å². The first-order valence-electron chi connectivity index (χ1n) is 11.5. The molecule has 2 unspecified atom stereocenters. The molecule has 5 fully saturated rings. The molecule has 5 aliphatic rings. The van der Waals surface area contributed by atoms with E-state index in [9.17, 15) is 4.79 Å². The van der Waals surface area contributed by atoms with Gasteiger partial charge in [0.2, 0.25) is 11.9 Å². The third kappa shape index (κ3) is 3.34. The van der Waals surface area contributed by atoms with Crippen molar-refractivity contribution < 1.29 is 9.53 Å². The third-order valence-electron chi connectivity index (χ3n) is 7.25. The molecule has 5 heterocycles. The molecule has 3 saturated heterocycles. The number of nitrogen functional groups attached to an aromatic ring is 1. The summed E-state index contributed by atoms with van der Waals surface area (Å²) >= 11 is 0. The molecule has 2 bridgehead atoms. The molecule has 3 aliphatic heterocycles. The molecule has 0 aromatic carbocycles. The van der Waals surface area contributed by atoms with Crippen LogP contribution in [0, 0.1) is 17.8 Å². The van der Waals surface area contributed by atoms with Gasteiger partial charge in [-0.05, 0) is 57.4 Å². The first-order valence-corrected chi connectivity index (χ1v) is 11.5. The van der Waals surface area contributed by atoms with E-state index >= 15 is 0 Å². The van der Waals surface area contributed by atoms with Gasteiger partial charge in [-0.25, -0.2) is 24.7 Å². The van der Waals surface area contributed by atoms with Crippen molar-refractivity contribution in [2.75, 3.05) is 30.3 Å². The van der Waals surface area contributed by atoms with Crippen molar-refractivity contribution in [3.05, 3.63) is 24.2 Å². The minimum absolute atomic E-state index is 0.219. The summed E-state index contributed by atoms with van der Waals surface area (Å²) in [6, 6.07) is 2.63. The molecule has 2 aromatic rings. The molecule has 168 valence electrons. The van der Waals surface area contributed by atoms with Crippen molar-refractivity contribution in [3.63, 3.8) is 0 Å². The van der Waals surface area contributed by atoms with Crippen LogP contribution in [-0.4, -0.2) is 62.2 Å². The van der Waals surface area contributed by atoms with E-state index in [0.717, 1.165) is 48.5 Å². The molecule has 0 spiro atoms. The van der Waals surface area contributed by atoms with E-state index < -0.39 is 5.60 Å². The number of nitrogens with zero attached hydrogens (tertiary/aromatic N) is 6. The molecule has 2 N–H and O–H groups in total. The van der Waals surface area contributed by atoms with Crippen LogP contribution in [0.2, 0.25) is 0 Å². The highest BCUT2D eigenvalue weighted by molar-refractivity contribution is 5.69. The number of piperidine rings is 1. The second kappa shape index (κ2) is 6.76. The Kier molecular flexibility index (Phi) is 4.16. The number of ether oxygens (including phenoxy) is 1. The van der Waals surface area contributed by atoms with Gasteiger partial charge in [0.05, 0.1) is 11.4 Å². The average molecular weight is 436 g/mol. The van der Waals surface area contributed by atoms with Crippen LogP contribution in [0.15, 0.2) is 18.5 Å². The topological polar surface area (TPSA) is 110 Å². The average Bonchev–Trinajstić information content (AvgIpc) is 3.13. The zero-order valence-corrected chi connectivity index (χ0v) is 18.7. The fourth-order valence-corrected chi connectivity index (χ4v) is 5.59. The van der Waals surface area contributed by atoms with E-state index in [1.165, 1.54) is 12.8 Å². The number of nitrogens with two attached hydrogens (primary N) is 1. The van der Waals surface area contributed by atoms with Gasteiger partial charge in [-0.1, -0.05) is 0 Å². The maximum atomic E-state index is 12.5. The number of carbonyl (C=O) groups is 1. The Balaban J connectivity index is 1.26. The largest absolute Gasteiger partial charge is 0.444 e. The van der Waals surface area contributed by atoms with E-state index in [1.54, 1.807) is 12.4 Å². The number of rotatable bonds is 3. The van der Waals surface area contributed by atoms with Crippen LogP contribution in [0.1, 0.15) is 45.2 Å². The lowest BCUT2D eigenvalue weighted by molar-refractivity contribution is 0.0270. The van der Waals surface area contributed by atoms with E-state index in [0.29, 0.717) is 23.8 Å². The van der Waals surface area contributed by atoms with Gasteiger partial charge in [0.25, 0.3) is 0 Å². The molecule has 2 aliphatic carbocycles. The van der Waals surface area contributed by atoms with Crippen molar-refractivity contribution >= 4 is 18.0 Å². The molecule has 7 rings (SSSR count). The lowest BCUT2D eigenvalue weighted by Crippen LogP contribution is -2.37. The minimum atomic E-state index is -0.475. The van der Waals surface area contributed by atoms with E-state index in [-0.39, 0.29) is 12.0 Å². The Morgan fingerprint density at radius 2 is 1.78 bits per heavy atom. The fraction of sp³-hybridized carbons (Fsp3) is 0.609. The lowest BCUT2D eigenvalue weighted by Gasteiger charge is -2.27. The molecule has 9 heteroatoms. The fourth-order valence-electron chi connectivity index (χ4n) is 5.59. The van der Waals surface area contributed by atoms with E-state index in [1.807, 2.05) is 25.7 Å². The van der Waals surface area contributed by atoms with Crippen LogP contribution >= 0.6 is 0 Å². The van der Waals surface area contributed by atoms with Gasteiger partial charge in [0.1, 0.15) is 5.60 Å². The SMILES string of the molecule is CC(C)(C)OC(=O)N1CC2C(C1)C2c1cc(-c2cnc(N)nc2)nc(N2CC3CC2C3)n1. The summed E-state index contributed by atoms with van der Waals surface area (Å²) in [7, 11) is 0. The predicted octanol–water partition coefficient (Wildman–Crippen LogP) is 2.69. The number of amides is 1. The Morgan fingerprint density at radius 1 is 1.09 bits per heavy atom. The standard InChI is InChI=1S/C23H29N7O2/c1-23(2,3)32-22(31)29-10-15-16(11-29)19(15)18-6-17(13-7-25-20(24)26-8-13)27-21(28-18)30-9-12-4-14(30)5-12/h6-8,12,14-16,19H,4-5,9-11H2,1-3H3,(H2,24,25,26). The van der Waals surface area contributed by atoms with Gasteiger partial charge in [-0.15, -0.1) is 0 Å². The molecule has 1 amide bonds. The highest BCUT2D eigenvalue weighted by Gasteiger charge is 2.58. The van der Waals surface area contributed by atoms with Crippen molar-refractivity contribution in [3.8, 4) is 11.3 Å². The summed E-state index contributed by atoms with van der Waals surface area (Å²) in [6.07, 6.45) is 5.71. The molecule has 2 atom stereocenters. The normalized spacial score (nSPS) is 30.2. The Morgan fingerprint density at radius 3 is 2.38 bits per heavy atom. The Hall–Kier alpha value is -2.97. The number of fused-ring (bicyclic) bond motifs is 2. The van der Waals surface area contributed by atoms with Crippen molar-refractivity contribution in [1.82, 2.24) is 24.8 Å². The summed E-state index contributed by atoms with van der Waals surface area (Å²) in [5.74, 6) is 3.04. The van der Waals surface area contributed by atoms with Gasteiger partial charge in [-0.3, -0.25) is 0 Å². The monoisotopic (exact) mass is 435 g/mol. The van der Waals surface area contributed by atoms with Crippen LogP contribution in [0.5, 0.6) is 0 Å². The Bertz CT molecular complexity index is 1050. The second-order valence-electron chi connectivity index (χ2n) is 10.7. The van der Waals surface area contributed by atoms with Crippen LogP contribution in [-0.2, 0) is 4.74 Å². The lowest BCUT2D eigenvalue weighted by atomic mass is 9.86. The van der Waals surface area contributed by atoms with Crippen molar-refractivity contribution in [1.29, 1.82) is 0 Å². The third-order valence-corrected chi connectivity index (χ3v) is 7.25. The summed E-state index contributed by atoms with van der Waals surface area (Å²) < 4.78 is 5.55. The minimum Gasteiger partial charge on any atom is -0.444 e. The molecule has 2 aromatic heterocycles. The highest BCUT2D eigenvalue weighted by Crippen LogP contribution is 2.58. The number of hydrogen-bond donors (Lipinski definition) is 1. The van der Waals surface area contributed by atoms with Gasteiger partial charge in [0, 0.05) is 49.6 Å². The predicted molar refractivity (Wildman–Crippen MR) is 119 cm³/mol. The highest BCUT2D eigenvalue weighted by atomic mass is 16.6. The maximum absolute atomic E-state index is 12.5. The van der Waals surface area contributed by atoms with Gasteiger partial charge < -0.3 is 20.3 Å². The smallest absolute Gasteiger partial charge is 0.410 e. The molecular weight excluding hydrogens is 406 g/mol. The molecule has 0 radical (unpaired) electrons. The number of likely N-dealkylation sites (tertiary alicyclic amines) is 1. The number of anilines is 2. The number of aromatic nitrogens is 4. The van der Waals surface area contributed by atoms with Crippen molar-refractivity contribution in [2.24, 2.45) is 17.8 Å². The first kappa shape index (κ1) is 19.7. The van der Waals surface area contributed by atoms with Crippen LogP contribution in [0.25, 0.3) is 11.3 Å². The summed E-state index contributed by atoms with van der Waals surface area (Å²) in [5.41, 5.74) is 7.94. The second-order valence-corrected chi connectivity index (χ2v) is 10.7. The molecule has 2 saturated carbocycles. The maximum Gasteiger partial charge on any atom is 0.410 e. The molecular formula is C23H29N7O2. The quantitative estimate of drug-likeness (QED) is 0.783. The van der Waals surface area contributed by atoms with Crippen LogP contribution in [0.3, 0.4) is 0 Å². The number of hydrogen-bond acceptors (Lipinski definition) is 8. The first-order chi connectivity index (χ1) is 15.2. The van der Waals surface area contributed by atoms with Crippen LogP contribution in [0.4, 0.5) is 16.7 Å². The van der Waals surface area contributed by atoms with Gasteiger partial charge in [-0.2, -0.15) is 0 Å². The zero-order valence-electron chi connectivity index (χ0n) is 18.7. The van der Waals surface area contributed by atoms with Gasteiger partial charge in [0.15, 0.2) is 0 Å².